The average molecular weight is 210 g/mol. The van der Waals surface area contributed by atoms with Crippen LogP contribution in [0.1, 0.15) is 16.8 Å². The third-order valence-electron chi connectivity index (χ3n) is 2.10. The Balaban J connectivity index is 1.92. The molecular weight excluding hydrogens is 200 g/mol. The molecule has 5 heteroatoms. The van der Waals surface area contributed by atoms with E-state index in [-0.39, 0.29) is 17.9 Å². The first-order valence-electron chi connectivity index (χ1n) is 4.35. The quantitative estimate of drug-likeness (QED) is 0.740. The lowest BCUT2D eigenvalue weighted by atomic mass is 10.2. The van der Waals surface area contributed by atoms with Gasteiger partial charge in [-0.25, -0.2) is 0 Å². The van der Waals surface area contributed by atoms with Crippen LogP contribution >= 0.6 is 11.3 Å². The van der Waals surface area contributed by atoms with Gasteiger partial charge in [-0.2, -0.15) is 11.3 Å². The summed E-state index contributed by atoms with van der Waals surface area (Å²) in [4.78, 5) is 22.4. The zero-order chi connectivity index (χ0) is 9.97. The Kier molecular flexibility index (Phi) is 2.49. The molecule has 0 bridgehead atoms. The Bertz CT molecular complexity index is 348. The Hall–Kier alpha value is -1.36. The molecule has 0 radical (unpaired) electrons. The first-order valence-corrected chi connectivity index (χ1v) is 5.30. The molecule has 4 nitrogen and oxygen atoms in total. The molecule has 2 rings (SSSR count). The molecule has 2 amide bonds. The molecule has 0 saturated carbocycles. The number of amides is 2. The van der Waals surface area contributed by atoms with E-state index in [4.69, 9.17) is 0 Å². The third-order valence-corrected chi connectivity index (χ3v) is 2.78. The van der Waals surface area contributed by atoms with Crippen molar-refractivity contribution in [3.05, 3.63) is 22.4 Å². The van der Waals surface area contributed by atoms with Crippen LogP contribution in [0, 0.1) is 0 Å². The maximum absolute atomic E-state index is 11.5. The van der Waals surface area contributed by atoms with Gasteiger partial charge < -0.3 is 10.6 Å². The summed E-state index contributed by atoms with van der Waals surface area (Å²) in [5, 5.41) is 9.11. The topological polar surface area (TPSA) is 58.2 Å². The number of hydrogen-bond acceptors (Lipinski definition) is 3. The van der Waals surface area contributed by atoms with Crippen LogP contribution in [0.15, 0.2) is 16.8 Å². The minimum absolute atomic E-state index is 0.000573. The summed E-state index contributed by atoms with van der Waals surface area (Å²) in [7, 11) is 0. The van der Waals surface area contributed by atoms with Crippen molar-refractivity contribution in [2.45, 2.75) is 12.5 Å². The molecule has 14 heavy (non-hydrogen) atoms. The van der Waals surface area contributed by atoms with E-state index in [1.165, 1.54) is 11.3 Å². The van der Waals surface area contributed by atoms with Crippen LogP contribution in [0.2, 0.25) is 0 Å². The van der Waals surface area contributed by atoms with Gasteiger partial charge in [0.2, 0.25) is 5.91 Å². The van der Waals surface area contributed by atoms with E-state index >= 15 is 0 Å². The highest BCUT2D eigenvalue weighted by Crippen LogP contribution is 2.07. The standard InChI is InChI=1S/C9H10N2O2S/c12-8-3-7(4-10-8)11-9(13)6-1-2-14-5-6/h1-2,5,7H,3-4H2,(H,10,12)(H,11,13). The molecule has 1 saturated heterocycles. The third kappa shape index (κ3) is 1.93. The summed E-state index contributed by atoms with van der Waals surface area (Å²) in [5.41, 5.74) is 0.661. The van der Waals surface area contributed by atoms with Gasteiger partial charge >= 0.3 is 0 Å². The van der Waals surface area contributed by atoms with E-state index < -0.39 is 0 Å². The van der Waals surface area contributed by atoms with Crippen LogP contribution in [0.4, 0.5) is 0 Å². The van der Waals surface area contributed by atoms with Gasteiger partial charge in [0.05, 0.1) is 6.04 Å². The van der Waals surface area contributed by atoms with Crippen molar-refractivity contribution >= 4 is 23.2 Å². The van der Waals surface area contributed by atoms with Crippen molar-refractivity contribution in [2.24, 2.45) is 0 Å². The second kappa shape index (κ2) is 3.79. The molecule has 1 fully saturated rings. The van der Waals surface area contributed by atoms with Gasteiger partial charge in [0.1, 0.15) is 0 Å². The number of nitrogens with one attached hydrogen (secondary N) is 2. The lowest BCUT2D eigenvalue weighted by molar-refractivity contribution is -0.119. The number of carbonyl (C=O) groups excluding carboxylic acids is 2. The summed E-state index contributed by atoms with van der Waals surface area (Å²) < 4.78 is 0. The largest absolute Gasteiger partial charge is 0.354 e. The monoisotopic (exact) mass is 210 g/mol. The summed E-state index contributed by atoms with van der Waals surface area (Å²) in [6.07, 6.45) is 0.385. The van der Waals surface area contributed by atoms with Crippen LogP contribution in [0.25, 0.3) is 0 Å². The van der Waals surface area contributed by atoms with Crippen molar-refractivity contribution in [2.75, 3.05) is 6.54 Å². The Morgan fingerprint density at radius 2 is 2.50 bits per heavy atom. The molecule has 1 unspecified atom stereocenters. The van der Waals surface area contributed by atoms with Gasteiger partial charge in [-0.05, 0) is 11.4 Å². The second-order valence-electron chi connectivity index (χ2n) is 3.19. The average Bonchev–Trinajstić information content (AvgIpc) is 2.75. The molecule has 0 aromatic carbocycles. The first-order chi connectivity index (χ1) is 6.75. The Morgan fingerprint density at radius 1 is 1.64 bits per heavy atom. The minimum atomic E-state index is -0.104. The predicted octanol–water partition coefficient (Wildman–Crippen LogP) is 0.366. The summed E-state index contributed by atoms with van der Waals surface area (Å²) in [6.45, 7) is 0.536. The molecule has 2 N–H and O–H groups in total. The zero-order valence-corrected chi connectivity index (χ0v) is 8.26. The fourth-order valence-electron chi connectivity index (χ4n) is 1.37. The van der Waals surface area contributed by atoms with Gasteiger partial charge in [-0.15, -0.1) is 0 Å². The Labute approximate surface area is 85.3 Å². The second-order valence-corrected chi connectivity index (χ2v) is 3.97. The van der Waals surface area contributed by atoms with Crippen molar-refractivity contribution in [1.29, 1.82) is 0 Å². The number of thiophene rings is 1. The van der Waals surface area contributed by atoms with Gasteiger partial charge in [0.15, 0.2) is 0 Å². The smallest absolute Gasteiger partial charge is 0.252 e. The highest BCUT2D eigenvalue weighted by molar-refractivity contribution is 7.08. The lowest BCUT2D eigenvalue weighted by Crippen LogP contribution is -2.35. The molecule has 2 heterocycles. The highest BCUT2D eigenvalue weighted by atomic mass is 32.1. The molecule has 0 aliphatic carbocycles. The van der Waals surface area contributed by atoms with Crippen LogP contribution in [0.5, 0.6) is 0 Å². The molecular formula is C9H10N2O2S. The van der Waals surface area contributed by atoms with Crippen LogP contribution in [-0.2, 0) is 4.79 Å². The van der Waals surface area contributed by atoms with Gasteiger partial charge in [0, 0.05) is 23.9 Å². The predicted molar refractivity (Wildman–Crippen MR) is 53.2 cm³/mol. The molecule has 1 aromatic rings. The fourth-order valence-corrected chi connectivity index (χ4v) is 2.01. The van der Waals surface area contributed by atoms with E-state index in [0.717, 1.165) is 0 Å². The molecule has 1 aliphatic rings. The van der Waals surface area contributed by atoms with Crippen LogP contribution in [0.3, 0.4) is 0 Å². The summed E-state index contributed by atoms with van der Waals surface area (Å²) in [6, 6.07) is 1.71. The normalized spacial score (nSPS) is 20.6. The summed E-state index contributed by atoms with van der Waals surface area (Å²) >= 11 is 1.48. The van der Waals surface area contributed by atoms with Crippen molar-refractivity contribution in [1.82, 2.24) is 10.6 Å². The number of hydrogen-bond donors (Lipinski definition) is 2. The minimum Gasteiger partial charge on any atom is -0.354 e. The SMILES string of the molecule is O=C1CC(NC(=O)c2ccsc2)CN1. The van der Waals surface area contributed by atoms with Crippen molar-refractivity contribution in [3.63, 3.8) is 0 Å². The maximum Gasteiger partial charge on any atom is 0.252 e. The molecule has 74 valence electrons. The number of rotatable bonds is 2. The van der Waals surface area contributed by atoms with Crippen LogP contribution < -0.4 is 10.6 Å². The van der Waals surface area contributed by atoms with E-state index in [9.17, 15) is 9.59 Å². The lowest BCUT2D eigenvalue weighted by Gasteiger charge is -2.08. The zero-order valence-electron chi connectivity index (χ0n) is 7.45. The van der Waals surface area contributed by atoms with Gasteiger partial charge in [-0.1, -0.05) is 0 Å². The van der Waals surface area contributed by atoms with Crippen molar-refractivity contribution in [3.8, 4) is 0 Å². The molecule has 1 aromatic heterocycles. The molecule has 1 aliphatic heterocycles. The van der Waals surface area contributed by atoms with E-state index in [1.54, 1.807) is 11.4 Å². The molecule has 0 spiro atoms. The van der Waals surface area contributed by atoms with E-state index in [1.807, 2.05) is 5.38 Å². The van der Waals surface area contributed by atoms with Gasteiger partial charge in [0.25, 0.3) is 5.91 Å². The van der Waals surface area contributed by atoms with Gasteiger partial charge in [-0.3, -0.25) is 9.59 Å². The maximum atomic E-state index is 11.5. The van der Waals surface area contributed by atoms with E-state index in [0.29, 0.717) is 18.5 Å². The van der Waals surface area contributed by atoms with Crippen LogP contribution in [-0.4, -0.2) is 24.4 Å². The fraction of sp³-hybridized carbons (Fsp3) is 0.333. The van der Waals surface area contributed by atoms with E-state index in [2.05, 4.69) is 10.6 Å². The van der Waals surface area contributed by atoms with Crippen molar-refractivity contribution < 1.29 is 9.59 Å². The first kappa shape index (κ1) is 9.21. The highest BCUT2D eigenvalue weighted by Gasteiger charge is 2.23. The summed E-state index contributed by atoms with van der Waals surface area (Å²) in [5.74, 6) is -0.103. The number of carbonyl (C=O) groups is 2. The Morgan fingerprint density at radius 3 is 3.07 bits per heavy atom. The molecule has 1 atom stereocenters.